The molecule has 3 N–H and O–H groups in total. The van der Waals surface area contributed by atoms with Crippen molar-refractivity contribution in [2.45, 2.75) is 29.6 Å². The molecule has 0 aliphatic carbocycles. The first-order valence-corrected chi connectivity index (χ1v) is 8.18. The van der Waals surface area contributed by atoms with E-state index in [2.05, 4.69) is 10.3 Å². The summed E-state index contributed by atoms with van der Waals surface area (Å²) in [6.45, 7) is 0.188. The fourth-order valence-electron chi connectivity index (χ4n) is 2.12. The van der Waals surface area contributed by atoms with Crippen LogP contribution in [0.3, 0.4) is 0 Å². The Kier molecular flexibility index (Phi) is 4.83. The fraction of sp³-hybridized carbons (Fsp3) is 0.583. The van der Waals surface area contributed by atoms with Crippen LogP contribution in [-0.2, 0) is 16.2 Å². The molecule has 0 radical (unpaired) electrons. The lowest BCUT2D eigenvalue weighted by Gasteiger charge is -2.29. The SMILES string of the molecule is NS(=O)(=O)c1cnc(OCC2(F)CCNCC2)c(C(F)(F)F)c1. The zero-order chi connectivity index (χ0) is 17.3. The number of hydrogen-bond donors (Lipinski definition) is 2. The molecule has 0 aromatic carbocycles. The van der Waals surface area contributed by atoms with Crippen molar-refractivity contribution in [2.24, 2.45) is 5.14 Å². The lowest BCUT2D eigenvalue weighted by atomic mass is 9.95. The predicted molar refractivity (Wildman–Crippen MR) is 72.0 cm³/mol. The molecule has 11 heteroatoms. The summed E-state index contributed by atoms with van der Waals surface area (Å²) in [6.07, 6.45) is -4.07. The number of nitrogens with zero attached hydrogens (tertiary/aromatic N) is 1. The maximum absolute atomic E-state index is 14.4. The van der Waals surface area contributed by atoms with Gasteiger partial charge in [-0.3, -0.25) is 0 Å². The third-order valence-electron chi connectivity index (χ3n) is 3.43. The van der Waals surface area contributed by atoms with Crippen molar-refractivity contribution in [1.29, 1.82) is 0 Å². The normalized spacial score (nSPS) is 18.7. The van der Waals surface area contributed by atoms with Gasteiger partial charge in [0, 0.05) is 0 Å². The van der Waals surface area contributed by atoms with E-state index in [1.807, 2.05) is 0 Å². The van der Waals surface area contributed by atoms with Crippen molar-refractivity contribution < 1.29 is 30.7 Å². The summed E-state index contributed by atoms with van der Waals surface area (Å²) in [7, 11) is -4.35. The molecule has 1 saturated heterocycles. The third kappa shape index (κ3) is 4.52. The molecule has 23 heavy (non-hydrogen) atoms. The quantitative estimate of drug-likeness (QED) is 0.790. The summed E-state index contributed by atoms with van der Waals surface area (Å²) < 4.78 is 80.6. The number of sulfonamides is 1. The monoisotopic (exact) mass is 357 g/mol. The lowest BCUT2D eigenvalue weighted by Crippen LogP contribution is -2.42. The molecule has 1 aromatic heterocycles. The van der Waals surface area contributed by atoms with E-state index in [-0.39, 0.29) is 12.8 Å². The average Bonchev–Trinajstić information content (AvgIpc) is 2.44. The van der Waals surface area contributed by atoms with Gasteiger partial charge in [-0.2, -0.15) is 13.2 Å². The Morgan fingerprint density at radius 3 is 2.48 bits per heavy atom. The Morgan fingerprint density at radius 2 is 1.96 bits per heavy atom. The summed E-state index contributed by atoms with van der Waals surface area (Å²) >= 11 is 0. The second-order valence-corrected chi connectivity index (χ2v) is 6.82. The van der Waals surface area contributed by atoms with E-state index in [9.17, 15) is 26.0 Å². The van der Waals surface area contributed by atoms with Gasteiger partial charge in [0.1, 0.15) is 22.7 Å². The molecule has 2 rings (SSSR count). The molecule has 130 valence electrons. The van der Waals surface area contributed by atoms with Gasteiger partial charge in [-0.05, 0) is 32.0 Å². The van der Waals surface area contributed by atoms with Crippen molar-refractivity contribution >= 4 is 10.0 Å². The molecular weight excluding hydrogens is 342 g/mol. The highest BCUT2D eigenvalue weighted by Gasteiger charge is 2.38. The van der Waals surface area contributed by atoms with Crippen molar-refractivity contribution in [3.05, 3.63) is 17.8 Å². The minimum absolute atomic E-state index is 0.101. The molecule has 0 amide bonds. The number of piperidine rings is 1. The number of nitrogens with two attached hydrogens (primary N) is 1. The van der Waals surface area contributed by atoms with E-state index >= 15 is 0 Å². The first-order valence-electron chi connectivity index (χ1n) is 6.64. The van der Waals surface area contributed by atoms with E-state index in [0.29, 0.717) is 25.4 Å². The van der Waals surface area contributed by atoms with Crippen LogP contribution in [0.5, 0.6) is 5.88 Å². The number of rotatable bonds is 4. The van der Waals surface area contributed by atoms with E-state index in [1.165, 1.54) is 0 Å². The molecular formula is C12H15F4N3O3S. The van der Waals surface area contributed by atoms with E-state index in [1.54, 1.807) is 0 Å². The number of alkyl halides is 4. The molecule has 0 atom stereocenters. The van der Waals surface area contributed by atoms with Gasteiger partial charge in [-0.1, -0.05) is 0 Å². The molecule has 0 unspecified atom stereocenters. The number of nitrogens with one attached hydrogen (secondary N) is 1. The number of aromatic nitrogens is 1. The van der Waals surface area contributed by atoms with Crippen LogP contribution in [-0.4, -0.2) is 38.8 Å². The molecule has 0 saturated carbocycles. The molecule has 1 aromatic rings. The van der Waals surface area contributed by atoms with Crippen LogP contribution in [0, 0.1) is 0 Å². The molecule has 2 heterocycles. The van der Waals surface area contributed by atoms with Crippen LogP contribution in [0.25, 0.3) is 0 Å². The first-order chi connectivity index (χ1) is 10.5. The van der Waals surface area contributed by atoms with Crippen molar-refractivity contribution in [2.75, 3.05) is 19.7 Å². The third-order valence-corrected chi connectivity index (χ3v) is 4.31. The minimum atomic E-state index is -4.92. The molecule has 1 aliphatic heterocycles. The van der Waals surface area contributed by atoms with E-state index < -0.39 is 44.8 Å². The highest BCUT2D eigenvalue weighted by Crippen LogP contribution is 2.37. The maximum atomic E-state index is 14.4. The fourth-order valence-corrected chi connectivity index (χ4v) is 2.61. The second kappa shape index (κ2) is 6.21. The van der Waals surface area contributed by atoms with Gasteiger partial charge >= 0.3 is 6.18 Å². The zero-order valence-electron chi connectivity index (χ0n) is 11.9. The summed E-state index contributed by atoms with van der Waals surface area (Å²) in [5.74, 6) is -0.875. The topological polar surface area (TPSA) is 94.3 Å². The van der Waals surface area contributed by atoms with Crippen LogP contribution in [0.2, 0.25) is 0 Å². The molecule has 0 bridgehead atoms. The maximum Gasteiger partial charge on any atom is 0.421 e. The Morgan fingerprint density at radius 1 is 1.35 bits per heavy atom. The van der Waals surface area contributed by atoms with Crippen LogP contribution >= 0.6 is 0 Å². The number of primary sulfonamides is 1. The average molecular weight is 357 g/mol. The Balaban J connectivity index is 2.27. The van der Waals surface area contributed by atoms with Gasteiger partial charge in [-0.15, -0.1) is 0 Å². The largest absolute Gasteiger partial charge is 0.474 e. The van der Waals surface area contributed by atoms with Crippen molar-refractivity contribution in [3.63, 3.8) is 0 Å². The van der Waals surface area contributed by atoms with E-state index in [0.717, 1.165) is 0 Å². The Bertz CT molecular complexity index is 673. The summed E-state index contributed by atoms with van der Waals surface area (Å²) in [6, 6.07) is 0.324. The number of pyridine rings is 1. The number of halogens is 4. The first kappa shape index (κ1) is 17.9. The summed E-state index contributed by atoms with van der Waals surface area (Å²) in [4.78, 5) is 2.55. The molecule has 1 aliphatic rings. The standard InChI is InChI=1S/C12H15F4N3O3S/c13-11(1-3-18-4-2-11)7-22-10-9(12(14,15)16)5-8(6-19-10)23(17,20)21/h5-6,18H,1-4,7H2,(H2,17,20,21). The summed E-state index contributed by atoms with van der Waals surface area (Å²) in [5, 5.41) is 7.71. The van der Waals surface area contributed by atoms with Gasteiger partial charge in [-0.25, -0.2) is 22.9 Å². The Labute approximate surface area is 130 Å². The number of hydrogen-bond acceptors (Lipinski definition) is 5. The van der Waals surface area contributed by atoms with Crippen LogP contribution in [0.4, 0.5) is 17.6 Å². The van der Waals surface area contributed by atoms with E-state index in [4.69, 9.17) is 9.88 Å². The second-order valence-electron chi connectivity index (χ2n) is 5.26. The minimum Gasteiger partial charge on any atom is -0.474 e. The Hall–Kier alpha value is -1.46. The molecule has 1 fully saturated rings. The van der Waals surface area contributed by atoms with Crippen LogP contribution < -0.4 is 15.2 Å². The highest BCUT2D eigenvalue weighted by atomic mass is 32.2. The molecule has 6 nitrogen and oxygen atoms in total. The van der Waals surface area contributed by atoms with Crippen LogP contribution in [0.1, 0.15) is 18.4 Å². The van der Waals surface area contributed by atoms with Gasteiger partial charge in [0.2, 0.25) is 15.9 Å². The lowest BCUT2D eigenvalue weighted by molar-refractivity contribution is -0.139. The van der Waals surface area contributed by atoms with Gasteiger partial charge < -0.3 is 10.1 Å². The van der Waals surface area contributed by atoms with Gasteiger partial charge in [0.05, 0.1) is 6.20 Å². The van der Waals surface area contributed by atoms with Crippen molar-refractivity contribution in [3.8, 4) is 5.88 Å². The number of ether oxygens (including phenoxy) is 1. The summed E-state index contributed by atoms with van der Waals surface area (Å²) in [5.41, 5.74) is -3.17. The smallest absolute Gasteiger partial charge is 0.421 e. The van der Waals surface area contributed by atoms with Gasteiger partial charge in [0.15, 0.2) is 0 Å². The zero-order valence-corrected chi connectivity index (χ0v) is 12.7. The van der Waals surface area contributed by atoms with Crippen molar-refractivity contribution in [1.82, 2.24) is 10.3 Å². The predicted octanol–water partition coefficient (Wildman–Crippen LogP) is 1.22. The highest BCUT2D eigenvalue weighted by molar-refractivity contribution is 7.89. The molecule has 0 spiro atoms. The van der Waals surface area contributed by atoms with Gasteiger partial charge in [0.25, 0.3) is 0 Å². The van der Waals surface area contributed by atoms with Crippen LogP contribution in [0.15, 0.2) is 17.2 Å².